The predicted octanol–water partition coefficient (Wildman–Crippen LogP) is -1.06. The van der Waals surface area contributed by atoms with Gasteiger partial charge >= 0.3 is 0 Å². The monoisotopic (exact) mass is 323 g/mol. The van der Waals surface area contributed by atoms with Crippen LogP contribution in [0, 0.1) is 0 Å². The van der Waals surface area contributed by atoms with Gasteiger partial charge in [0.2, 0.25) is 0 Å². The number of hydrogen-bond donors (Lipinski definition) is 2. The number of carbonyl (C=O) groups is 1. The SMILES string of the molecule is CS(=O)(=O)C1CSCCN1CC1CCC(C(=O)NN)O1. The van der Waals surface area contributed by atoms with Gasteiger partial charge in [-0.05, 0) is 12.8 Å². The van der Waals surface area contributed by atoms with Gasteiger partial charge in [-0.3, -0.25) is 15.1 Å². The topological polar surface area (TPSA) is 102 Å². The van der Waals surface area contributed by atoms with Gasteiger partial charge in [0, 0.05) is 30.9 Å². The number of rotatable bonds is 4. The second-order valence-corrected chi connectivity index (χ2v) is 8.54. The highest BCUT2D eigenvalue weighted by Gasteiger charge is 2.36. The van der Waals surface area contributed by atoms with Gasteiger partial charge in [0.15, 0.2) is 9.84 Å². The smallest absolute Gasteiger partial charge is 0.263 e. The van der Waals surface area contributed by atoms with E-state index in [1.54, 1.807) is 11.8 Å². The minimum atomic E-state index is -3.10. The van der Waals surface area contributed by atoms with Crippen LogP contribution < -0.4 is 11.3 Å². The highest BCUT2D eigenvalue weighted by Crippen LogP contribution is 2.25. The summed E-state index contributed by atoms with van der Waals surface area (Å²) in [6.45, 7) is 1.28. The van der Waals surface area contributed by atoms with E-state index in [-0.39, 0.29) is 12.0 Å². The lowest BCUT2D eigenvalue weighted by atomic mass is 10.2. The summed E-state index contributed by atoms with van der Waals surface area (Å²) in [4.78, 5) is 13.4. The Morgan fingerprint density at radius 2 is 2.25 bits per heavy atom. The van der Waals surface area contributed by atoms with Gasteiger partial charge in [-0.15, -0.1) is 0 Å². The van der Waals surface area contributed by atoms with Crippen molar-refractivity contribution in [3.8, 4) is 0 Å². The third-order valence-electron chi connectivity index (χ3n) is 3.67. The first kappa shape index (κ1) is 16.0. The van der Waals surface area contributed by atoms with Crippen molar-refractivity contribution >= 4 is 27.5 Å². The minimum Gasteiger partial charge on any atom is -0.364 e. The van der Waals surface area contributed by atoms with E-state index in [4.69, 9.17) is 10.6 Å². The van der Waals surface area contributed by atoms with Crippen LogP contribution in [0.1, 0.15) is 12.8 Å². The molecule has 2 fully saturated rings. The van der Waals surface area contributed by atoms with E-state index >= 15 is 0 Å². The van der Waals surface area contributed by atoms with Crippen LogP contribution in [0.4, 0.5) is 0 Å². The Bertz CT molecular complexity index is 457. The molecule has 0 saturated carbocycles. The number of carbonyl (C=O) groups excluding carboxylic acids is 1. The molecule has 3 unspecified atom stereocenters. The number of amides is 1. The molecule has 9 heteroatoms. The van der Waals surface area contributed by atoms with Gasteiger partial charge in [0.05, 0.1) is 6.10 Å². The van der Waals surface area contributed by atoms with Crippen LogP contribution in [0.15, 0.2) is 0 Å². The van der Waals surface area contributed by atoms with E-state index in [0.29, 0.717) is 18.7 Å². The summed E-state index contributed by atoms with van der Waals surface area (Å²) in [5, 5.41) is -0.452. The lowest BCUT2D eigenvalue weighted by molar-refractivity contribution is -0.132. The second kappa shape index (κ2) is 6.61. The van der Waals surface area contributed by atoms with Crippen molar-refractivity contribution in [2.24, 2.45) is 5.84 Å². The number of thioether (sulfide) groups is 1. The number of hydrazine groups is 1. The van der Waals surface area contributed by atoms with Crippen LogP contribution in [-0.4, -0.2) is 67.7 Å². The summed E-state index contributed by atoms with van der Waals surface area (Å²) in [7, 11) is -3.10. The first-order valence-electron chi connectivity index (χ1n) is 6.58. The van der Waals surface area contributed by atoms with Crippen LogP contribution in [0.2, 0.25) is 0 Å². The predicted molar refractivity (Wildman–Crippen MR) is 77.8 cm³/mol. The summed E-state index contributed by atoms with van der Waals surface area (Å²) >= 11 is 1.66. The molecule has 0 radical (unpaired) electrons. The van der Waals surface area contributed by atoms with Crippen LogP contribution in [-0.2, 0) is 19.4 Å². The van der Waals surface area contributed by atoms with Crippen molar-refractivity contribution in [2.45, 2.75) is 30.4 Å². The van der Waals surface area contributed by atoms with Gasteiger partial charge in [-0.25, -0.2) is 14.3 Å². The summed E-state index contributed by atoms with van der Waals surface area (Å²) in [5.41, 5.74) is 2.09. The average molecular weight is 323 g/mol. The van der Waals surface area contributed by atoms with E-state index in [9.17, 15) is 13.2 Å². The largest absolute Gasteiger partial charge is 0.364 e. The Labute approximate surface area is 123 Å². The molecular formula is C11H21N3O4S2. The minimum absolute atomic E-state index is 0.107. The molecule has 20 heavy (non-hydrogen) atoms. The van der Waals surface area contributed by atoms with Crippen molar-refractivity contribution < 1.29 is 17.9 Å². The van der Waals surface area contributed by atoms with Gasteiger partial charge in [0.25, 0.3) is 5.91 Å². The van der Waals surface area contributed by atoms with Gasteiger partial charge < -0.3 is 4.74 Å². The maximum absolute atomic E-state index is 11.8. The van der Waals surface area contributed by atoms with Crippen LogP contribution in [0.3, 0.4) is 0 Å². The summed E-state index contributed by atoms with van der Waals surface area (Å²) in [6, 6.07) is 0. The zero-order valence-electron chi connectivity index (χ0n) is 11.4. The molecule has 0 aromatic carbocycles. The van der Waals surface area contributed by atoms with Gasteiger partial charge in [0.1, 0.15) is 11.5 Å². The molecular weight excluding hydrogens is 302 g/mol. The molecule has 2 aliphatic rings. The number of hydrogen-bond acceptors (Lipinski definition) is 7. The number of nitrogens with one attached hydrogen (secondary N) is 1. The fraction of sp³-hybridized carbons (Fsp3) is 0.909. The molecule has 0 bridgehead atoms. The first-order chi connectivity index (χ1) is 9.41. The molecule has 3 atom stereocenters. The van der Waals surface area contributed by atoms with Crippen molar-refractivity contribution in [3.05, 3.63) is 0 Å². The molecule has 7 nitrogen and oxygen atoms in total. The Kier molecular flexibility index (Phi) is 5.30. The molecule has 2 saturated heterocycles. The van der Waals surface area contributed by atoms with Crippen molar-refractivity contribution in [3.63, 3.8) is 0 Å². The zero-order chi connectivity index (χ0) is 14.8. The van der Waals surface area contributed by atoms with E-state index in [1.807, 2.05) is 4.90 Å². The fourth-order valence-corrected chi connectivity index (χ4v) is 5.56. The Balaban J connectivity index is 1.94. The van der Waals surface area contributed by atoms with Crippen molar-refractivity contribution in [1.82, 2.24) is 10.3 Å². The van der Waals surface area contributed by atoms with Crippen LogP contribution in [0.5, 0.6) is 0 Å². The average Bonchev–Trinajstić information content (AvgIpc) is 2.86. The summed E-state index contributed by atoms with van der Waals surface area (Å²) in [6.07, 6.45) is 2.03. The molecule has 0 spiro atoms. The highest BCUT2D eigenvalue weighted by atomic mass is 32.2. The van der Waals surface area contributed by atoms with Gasteiger partial charge in [-0.2, -0.15) is 11.8 Å². The first-order valence-corrected chi connectivity index (χ1v) is 9.69. The molecule has 0 aromatic heterocycles. The molecule has 0 aromatic rings. The molecule has 0 aliphatic carbocycles. The molecule has 2 aliphatic heterocycles. The lowest BCUT2D eigenvalue weighted by Crippen LogP contribution is -2.49. The van der Waals surface area contributed by atoms with Gasteiger partial charge in [-0.1, -0.05) is 0 Å². The third kappa shape index (κ3) is 3.85. The molecule has 3 N–H and O–H groups in total. The molecule has 2 rings (SSSR count). The van der Waals surface area contributed by atoms with E-state index in [2.05, 4.69) is 5.43 Å². The normalized spacial score (nSPS) is 32.2. The quantitative estimate of drug-likeness (QED) is 0.386. The van der Waals surface area contributed by atoms with Crippen LogP contribution in [0.25, 0.3) is 0 Å². The number of nitrogens with zero attached hydrogens (tertiary/aromatic N) is 1. The van der Waals surface area contributed by atoms with E-state index in [0.717, 1.165) is 18.7 Å². The maximum atomic E-state index is 11.8. The Hall–Kier alpha value is -0.350. The van der Waals surface area contributed by atoms with E-state index in [1.165, 1.54) is 6.26 Å². The zero-order valence-corrected chi connectivity index (χ0v) is 13.1. The molecule has 2 heterocycles. The number of nitrogens with two attached hydrogens (primary N) is 1. The van der Waals surface area contributed by atoms with E-state index < -0.39 is 21.3 Å². The third-order valence-corrected chi connectivity index (χ3v) is 6.35. The van der Waals surface area contributed by atoms with Crippen LogP contribution >= 0.6 is 11.8 Å². The fourth-order valence-electron chi connectivity index (χ4n) is 2.61. The van der Waals surface area contributed by atoms with Crippen molar-refractivity contribution in [2.75, 3.05) is 30.9 Å². The molecule has 116 valence electrons. The summed E-state index contributed by atoms with van der Waals surface area (Å²) in [5.74, 6) is 6.29. The number of ether oxygens (including phenoxy) is 1. The lowest BCUT2D eigenvalue weighted by Gasteiger charge is -2.35. The van der Waals surface area contributed by atoms with Crippen molar-refractivity contribution in [1.29, 1.82) is 0 Å². The summed E-state index contributed by atoms with van der Waals surface area (Å²) < 4.78 is 29.3. The highest BCUT2D eigenvalue weighted by molar-refractivity contribution is 8.00. The molecule has 1 amide bonds. The standard InChI is InChI=1S/C11H21N3O4S2/c1-20(16,17)10-7-19-5-4-14(10)6-8-2-3-9(18-8)11(15)13-12/h8-10H,2-7,12H2,1H3,(H,13,15). The number of sulfone groups is 1. The maximum Gasteiger partial charge on any atom is 0.263 e. The Morgan fingerprint density at radius 1 is 1.50 bits per heavy atom. The Morgan fingerprint density at radius 3 is 2.90 bits per heavy atom. The second-order valence-electron chi connectivity index (χ2n) is 5.19.